The molecule has 2 heterocycles. The van der Waals surface area contributed by atoms with Crippen LogP contribution in [0.4, 0.5) is 0 Å². The first kappa shape index (κ1) is 12.9. The highest BCUT2D eigenvalue weighted by molar-refractivity contribution is 7.10. The molecule has 0 aromatic carbocycles. The third-order valence-electron chi connectivity index (χ3n) is 2.74. The lowest BCUT2D eigenvalue weighted by Crippen LogP contribution is -2.21. The number of methoxy groups -OCH3 is 1. The average Bonchev–Trinajstić information content (AvgIpc) is 2.95. The van der Waals surface area contributed by atoms with Crippen LogP contribution in [0.1, 0.15) is 17.5 Å². The van der Waals surface area contributed by atoms with E-state index in [4.69, 9.17) is 16.3 Å². The Morgan fingerprint density at radius 2 is 2.33 bits per heavy atom. The van der Waals surface area contributed by atoms with Gasteiger partial charge < -0.3 is 4.74 Å². The normalized spacial score (nSPS) is 13.9. The largest absolute Gasteiger partial charge is 0.481 e. The Bertz CT molecular complexity index is 615. The highest BCUT2D eigenvalue weighted by Gasteiger charge is 2.37. The quantitative estimate of drug-likeness (QED) is 0.867. The zero-order valence-electron chi connectivity index (χ0n) is 10.1. The second kappa shape index (κ2) is 4.59. The van der Waals surface area contributed by atoms with E-state index in [0.29, 0.717) is 21.6 Å². The summed E-state index contributed by atoms with van der Waals surface area (Å²) in [7, 11) is 3.31. The number of nitriles is 1. The smallest absolute Gasteiger partial charge is 0.216 e. The predicted molar refractivity (Wildman–Crippen MR) is 69.0 cm³/mol. The highest BCUT2D eigenvalue weighted by Crippen LogP contribution is 2.38. The van der Waals surface area contributed by atoms with Crippen molar-refractivity contribution in [2.24, 2.45) is 7.05 Å². The van der Waals surface area contributed by atoms with Gasteiger partial charge in [-0.1, -0.05) is 11.6 Å². The fraction of sp³-hybridized carbons (Fsp3) is 0.364. The van der Waals surface area contributed by atoms with Crippen LogP contribution in [0, 0.1) is 11.3 Å². The topological polar surface area (TPSA) is 63.7 Å². The van der Waals surface area contributed by atoms with E-state index in [1.807, 2.05) is 0 Å². The zero-order chi connectivity index (χ0) is 13.3. The van der Waals surface area contributed by atoms with Crippen molar-refractivity contribution in [1.82, 2.24) is 14.8 Å². The molecule has 0 aliphatic rings. The Balaban J connectivity index is 2.61. The standard InChI is InChI=1S/C11H11ClN4OS/c1-11(6-13,10-15-8(12)5-18-10)7-4-14-16(2)9(7)17-3/h4-5H,1-3H3. The number of ether oxygens (including phenoxy) is 1. The van der Waals surface area contributed by atoms with E-state index in [9.17, 15) is 5.26 Å². The first-order valence-electron chi connectivity index (χ1n) is 5.12. The van der Waals surface area contributed by atoms with Gasteiger partial charge in [0.2, 0.25) is 5.88 Å². The van der Waals surface area contributed by atoms with Crippen molar-refractivity contribution in [2.45, 2.75) is 12.3 Å². The Morgan fingerprint density at radius 1 is 1.61 bits per heavy atom. The van der Waals surface area contributed by atoms with Gasteiger partial charge in [-0.15, -0.1) is 11.3 Å². The molecule has 0 aliphatic carbocycles. The molecule has 0 aliphatic heterocycles. The Hall–Kier alpha value is -1.58. The summed E-state index contributed by atoms with van der Waals surface area (Å²) in [6.07, 6.45) is 1.62. The minimum Gasteiger partial charge on any atom is -0.481 e. The molecule has 1 unspecified atom stereocenters. The molecule has 0 saturated heterocycles. The van der Waals surface area contributed by atoms with Crippen LogP contribution in [-0.4, -0.2) is 21.9 Å². The van der Waals surface area contributed by atoms with Gasteiger partial charge in [0.25, 0.3) is 0 Å². The van der Waals surface area contributed by atoms with Gasteiger partial charge in [-0.2, -0.15) is 10.4 Å². The predicted octanol–water partition coefficient (Wildman–Crippen LogP) is 2.37. The zero-order valence-corrected chi connectivity index (χ0v) is 11.7. The van der Waals surface area contributed by atoms with E-state index in [0.717, 1.165) is 0 Å². The molecule has 2 aromatic rings. The van der Waals surface area contributed by atoms with E-state index in [1.165, 1.54) is 11.3 Å². The van der Waals surface area contributed by atoms with E-state index < -0.39 is 5.41 Å². The summed E-state index contributed by atoms with van der Waals surface area (Å²) in [5.41, 5.74) is -0.238. The number of aromatic nitrogens is 3. The molecular weight excluding hydrogens is 272 g/mol. The molecule has 7 heteroatoms. The summed E-state index contributed by atoms with van der Waals surface area (Å²) in [5.74, 6) is 0.547. The van der Waals surface area contributed by atoms with Gasteiger partial charge in [0.05, 0.1) is 24.9 Å². The maximum atomic E-state index is 9.51. The fourth-order valence-corrected chi connectivity index (χ4v) is 2.79. The summed E-state index contributed by atoms with van der Waals surface area (Å²) in [6, 6.07) is 2.27. The van der Waals surface area contributed by atoms with Crippen LogP contribution in [0.3, 0.4) is 0 Å². The van der Waals surface area contributed by atoms with Crippen LogP contribution in [0.15, 0.2) is 11.6 Å². The van der Waals surface area contributed by atoms with Gasteiger partial charge >= 0.3 is 0 Å². The molecule has 94 valence electrons. The molecule has 18 heavy (non-hydrogen) atoms. The lowest BCUT2D eigenvalue weighted by molar-refractivity contribution is 0.365. The van der Waals surface area contributed by atoms with Gasteiger partial charge in [-0.25, -0.2) is 9.67 Å². The summed E-state index contributed by atoms with van der Waals surface area (Å²) in [4.78, 5) is 4.18. The van der Waals surface area contributed by atoms with E-state index in [1.54, 1.807) is 37.3 Å². The van der Waals surface area contributed by atoms with Crippen LogP contribution < -0.4 is 4.74 Å². The molecule has 0 fully saturated rings. The van der Waals surface area contributed by atoms with Gasteiger partial charge in [0, 0.05) is 12.4 Å². The van der Waals surface area contributed by atoms with Crippen molar-refractivity contribution in [3.8, 4) is 11.9 Å². The molecule has 2 aromatic heterocycles. The third-order valence-corrected chi connectivity index (χ3v) is 4.13. The minimum atomic E-state index is -0.919. The minimum absolute atomic E-state index is 0.388. The Morgan fingerprint density at radius 3 is 2.83 bits per heavy atom. The molecule has 2 rings (SSSR count). The molecule has 0 N–H and O–H groups in total. The first-order chi connectivity index (χ1) is 8.52. The summed E-state index contributed by atoms with van der Waals surface area (Å²) < 4.78 is 6.87. The molecule has 0 radical (unpaired) electrons. The fourth-order valence-electron chi connectivity index (χ4n) is 1.72. The maximum Gasteiger partial charge on any atom is 0.216 e. The summed E-state index contributed by atoms with van der Waals surface area (Å²) in [5, 5.41) is 16.3. The molecule has 0 amide bonds. The van der Waals surface area contributed by atoms with Crippen molar-refractivity contribution in [2.75, 3.05) is 7.11 Å². The first-order valence-corrected chi connectivity index (χ1v) is 6.38. The number of rotatable bonds is 3. The van der Waals surface area contributed by atoms with Crippen molar-refractivity contribution in [1.29, 1.82) is 5.26 Å². The molecule has 0 spiro atoms. The van der Waals surface area contributed by atoms with E-state index in [2.05, 4.69) is 16.2 Å². The van der Waals surface area contributed by atoms with Gasteiger partial charge in [0.1, 0.15) is 15.6 Å². The van der Waals surface area contributed by atoms with Crippen LogP contribution in [-0.2, 0) is 12.5 Å². The summed E-state index contributed by atoms with van der Waals surface area (Å²) in [6.45, 7) is 1.78. The van der Waals surface area contributed by atoms with Crippen molar-refractivity contribution in [3.05, 3.63) is 27.3 Å². The second-order valence-corrected chi connectivity index (χ2v) is 5.15. The van der Waals surface area contributed by atoms with Crippen molar-refractivity contribution < 1.29 is 4.74 Å². The Labute approximate surface area is 114 Å². The number of hydrogen-bond donors (Lipinski definition) is 0. The van der Waals surface area contributed by atoms with Gasteiger partial charge in [-0.3, -0.25) is 0 Å². The van der Waals surface area contributed by atoms with Gasteiger partial charge in [0.15, 0.2) is 0 Å². The number of hydrogen-bond acceptors (Lipinski definition) is 5. The van der Waals surface area contributed by atoms with Crippen molar-refractivity contribution in [3.63, 3.8) is 0 Å². The SMILES string of the molecule is COc1c(C(C)(C#N)c2nc(Cl)cs2)cnn1C. The monoisotopic (exact) mass is 282 g/mol. The number of aryl methyl sites for hydroxylation is 1. The van der Waals surface area contributed by atoms with Crippen LogP contribution in [0.25, 0.3) is 0 Å². The van der Waals surface area contributed by atoms with Crippen LogP contribution in [0.2, 0.25) is 5.15 Å². The molecule has 0 bridgehead atoms. The molecule has 1 atom stereocenters. The Kier molecular flexibility index (Phi) is 3.28. The number of halogens is 1. The van der Waals surface area contributed by atoms with Crippen LogP contribution in [0.5, 0.6) is 5.88 Å². The van der Waals surface area contributed by atoms with E-state index >= 15 is 0 Å². The number of nitrogens with zero attached hydrogens (tertiary/aromatic N) is 4. The maximum absolute atomic E-state index is 9.51. The van der Waals surface area contributed by atoms with Crippen molar-refractivity contribution >= 4 is 22.9 Å². The van der Waals surface area contributed by atoms with Crippen LogP contribution >= 0.6 is 22.9 Å². The molecular formula is C11H11ClN4OS. The lowest BCUT2D eigenvalue weighted by atomic mass is 9.86. The number of thiazole rings is 1. The lowest BCUT2D eigenvalue weighted by Gasteiger charge is -2.18. The third kappa shape index (κ3) is 1.85. The second-order valence-electron chi connectivity index (χ2n) is 3.90. The highest BCUT2D eigenvalue weighted by atomic mass is 35.5. The summed E-state index contributed by atoms with van der Waals surface area (Å²) >= 11 is 7.17. The van der Waals surface area contributed by atoms with E-state index in [-0.39, 0.29) is 0 Å². The van der Waals surface area contributed by atoms with Gasteiger partial charge in [-0.05, 0) is 6.92 Å². The molecule has 0 saturated carbocycles. The molecule has 5 nitrogen and oxygen atoms in total. The average molecular weight is 283 g/mol.